The summed E-state index contributed by atoms with van der Waals surface area (Å²) in [6.45, 7) is 3.97. The second-order valence-electron chi connectivity index (χ2n) is 6.67. The van der Waals surface area contributed by atoms with E-state index in [9.17, 15) is 4.39 Å². The molecule has 2 heterocycles. The van der Waals surface area contributed by atoms with Crippen molar-refractivity contribution in [1.82, 2.24) is 4.90 Å². The predicted molar refractivity (Wildman–Crippen MR) is 81.9 cm³/mol. The van der Waals surface area contributed by atoms with Crippen LogP contribution in [0, 0.1) is 5.82 Å². The van der Waals surface area contributed by atoms with Crippen molar-refractivity contribution in [3.63, 3.8) is 0 Å². The Morgan fingerprint density at radius 2 is 2.19 bits per heavy atom. The number of benzene rings is 1. The molecule has 1 aromatic rings. The van der Waals surface area contributed by atoms with E-state index in [0.29, 0.717) is 18.5 Å². The van der Waals surface area contributed by atoms with Crippen LogP contribution < -0.4 is 10.6 Å². The molecule has 0 aromatic heterocycles. The Morgan fingerprint density at radius 3 is 2.90 bits per heavy atom. The van der Waals surface area contributed by atoms with E-state index in [1.165, 1.54) is 18.9 Å². The van der Waals surface area contributed by atoms with E-state index >= 15 is 0 Å². The third-order valence-corrected chi connectivity index (χ3v) is 5.04. The highest BCUT2D eigenvalue weighted by atomic mass is 19.1. The lowest BCUT2D eigenvalue weighted by Crippen LogP contribution is -2.53. The van der Waals surface area contributed by atoms with Crippen molar-refractivity contribution < 1.29 is 4.39 Å². The summed E-state index contributed by atoms with van der Waals surface area (Å²) in [4.78, 5) is 9.13. The monoisotopic (exact) mass is 288 g/mol. The third-order valence-electron chi connectivity index (χ3n) is 5.04. The van der Waals surface area contributed by atoms with Gasteiger partial charge < -0.3 is 10.6 Å². The summed E-state index contributed by atoms with van der Waals surface area (Å²) < 4.78 is 13.6. The molecule has 2 unspecified atom stereocenters. The van der Waals surface area contributed by atoms with E-state index < -0.39 is 0 Å². The Kier molecular flexibility index (Phi) is 2.76. The van der Waals surface area contributed by atoms with Crippen LogP contribution in [0.15, 0.2) is 29.3 Å². The van der Waals surface area contributed by atoms with E-state index in [-0.39, 0.29) is 11.4 Å². The molecule has 2 atom stereocenters. The molecule has 3 aliphatic rings. The van der Waals surface area contributed by atoms with Crippen molar-refractivity contribution in [1.29, 1.82) is 0 Å². The Bertz CT molecular complexity index is 598. The fraction of sp³-hybridized carbons (Fsp3) is 0.562. The van der Waals surface area contributed by atoms with Gasteiger partial charge >= 0.3 is 0 Å². The van der Waals surface area contributed by atoms with Gasteiger partial charge in [-0.3, -0.25) is 9.89 Å². The molecule has 5 heteroatoms. The van der Waals surface area contributed by atoms with Gasteiger partial charge in [-0.15, -0.1) is 0 Å². The molecule has 0 bridgehead atoms. The van der Waals surface area contributed by atoms with Gasteiger partial charge in [-0.2, -0.15) is 0 Å². The summed E-state index contributed by atoms with van der Waals surface area (Å²) in [6.07, 6.45) is 3.64. The Balaban J connectivity index is 1.69. The molecule has 2 fully saturated rings. The smallest absolute Gasteiger partial charge is 0.196 e. The second-order valence-corrected chi connectivity index (χ2v) is 6.67. The van der Waals surface area contributed by atoms with Gasteiger partial charge in [0.05, 0.1) is 12.1 Å². The molecule has 4 rings (SSSR count). The van der Waals surface area contributed by atoms with Crippen LogP contribution in [0.2, 0.25) is 0 Å². The average molecular weight is 288 g/mol. The van der Waals surface area contributed by atoms with Gasteiger partial charge in [0.2, 0.25) is 0 Å². The number of nitrogens with two attached hydrogens (primary N) is 1. The maximum atomic E-state index is 13.6. The first-order valence-corrected chi connectivity index (χ1v) is 7.71. The van der Waals surface area contributed by atoms with Crippen LogP contribution in [0.4, 0.5) is 10.1 Å². The molecule has 1 aliphatic carbocycles. The summed E-state index contributed by atoms with van der Waals surface area (Å²) >= 11 is 0. The standard InChI is InChI=1S/C16H21FN4/c1-11-8-16(10-20(11)13-5-6-13)9-19-15(18)21(16)14-4-2-3-12(17)7-14/h2-4,7,11,13H,5-6,8-10H2,1H3,(H2,18,19). The molecule has 2 aliphatic heterocycles. The minimum atomic E-state index is -0.229. The van der Waals surface area contributed by atoms with E-state index in [2.05, 4.69) is 21.7 Å². The van der Waals surface area contributed by atoms with Gasteiger partial charge in [-0.25, -0.2) is 4.39 Å². The highest BCUT2D eigenvalue weighted by Crippen LogP contribution is 2.43. The maximum Gasteiger partial charge on any atom is 0.196 e. The van der Waals surface area contributed by atoms with Crippen molar-refractivity contribution in [2.24, 2.45) is 10.7 Å². The number of halogens is 1. The number of likely N-dealkylation sites (tertiary alicyclic amines) is 1. The molecule has 4 nitrogen and oxygen atoms in total. The van der Waals surface area contributed by atoms with Crippen molar-refractivity contribution in [2.75, 3.05) is 18.0 Å². The first-order valence-electron chi connectivity index (χ1n) is 7.71. The first-order chi connectivity index (χ1) is 10.1. The van der Waals surface area contributed by atoms with Crippen LogP contribution in [-0.4, -0.2) is 41.6 Å². The number of guanidine groups is 1. The Morgan fingerprint density at radius 1 is 1.38 bits per heavy atom. The number of hydrogen-bond donors (Lipinski definition) is 1. The van der Waals surface area contributed by atoms with Gasteiger partial charge in [0.25, 0.3) is 0 Å². The van der Waals surface area contributed by atoms with Crippen molar-refractivity contribution in [3.8, 4) is 0 Å². The largest absolute Gasteiger partial charge is 0.369 e. The molecule has 2 N–H and O–H groups in total. The van der Waals surface area contributed by atoms with Crippen LogP contribution in [0.25, 0.3) is 0 Å². The number of anilines is 1. The lowest BCUT2D eigenvalue weighted by Gasteiger charge is -2.36. The van der Waals surface area contributed by atoms with Gasteiger partial charge in [0.15, 0.2) is 5.96 Å². The minimum Gasteiger partial charge on any atom is -0.369 e. The third kappa shape index (κ3) is 2.02. The predicted octanol–water partition coefficient (Wildman–Crippen LogP) is 1.96. The van der Waals surface area contributed by atoms with E-state index in [0.717, 1.165) is 24.7 Å². The van der Waals surface area contributed by atoms with Crippen molar-refractivity contribution >= 4 is 11.6 Å². The van der Waals surface area contributed by atoms with E-state index in [1.807, 2.05) is 6.07 Å². The second kappa shape index (κ2) is 4.44. The summed E-state index contributed by atoms with van der Waals surface area (Å²) in [6, 6.07) is 7.95. The fourth-order valence-electron chi connectivity index (χ4n) is 4.03. The lowest BCUT2D eigenvalue weighted by atomic mass is 9.94. The molecule has 21 heavy (non-hydrogen) atoms. The molecule has 0 amide bonds. The fourth-order valence-corrected chi connectivity index (χ4v) is 4.03. The minimum absolute atomic E-state index is 0.0973. The quantitative estimate of drug-likeness (QED) is 0.905. The lowest BCUT2D eigenvalue weighted by molar-refractivity contribution is 0.251. The molecule has 112 valence electrons. The molecule has 1 saturated heterocycles. The Hall–Kier alpha value is -1.62. The van der Waals surface area contributed by atoms with Crippen LogP contribution in [0.1, 0.15) is 26.2 Å². The van der Waals surface area contributed by atoms with E-state index in [4.69, 9.17) is 5.73 Å². The zero-order chi connectivity index (χ0) is 14.6. The summed E-state index contributed by atoms with van der Waals surface area (Å²) in [7, 11) is 0. The van der Waals surface area contributed by atoms with Gasteiger partial charge in [0.1, 0.15) is 5.82 Å². The van der Waals surface area contributed by atoms with E-state index in [1.54, 1.807) is 12.1 Å². The number of hydrogen-bond acceptors (Lipinski definition) is 4. The maximum absolute atomic E-state index is 13.6. The van der Waals surface area contributed by atoms with Crippen LogP contribution >= 0.6 is 0 Å². The summed E-state index contributed by atoms with van der Waals surface area (Å²) in [5, 5.41) is 0. The average Bonchev–Trinajstić information content (AvgIpc) is 3.16. The normalized spacial score (nSPS) is 33.0. The summed E-state index contributed by atoms with van der Waals surface area (Å²) in [5.74, 6) is 0.290. The highest BCUT2D eigenvalue weighted by molar-refractivity contribution is 5.98. The molecule has 0 radical (unpaired) electrons. The highest BCUT2D eigenvalue weighted by Gasteiger charge is 2.53. The molecular formula is C16H21FN4. The molecular weight excluding hydrogens is 267 g/mol. The number of nitrogens with zero attached hydrogens (tertiary/aromatic N) is 3. The first kappa shape index (κ1) is 13.1. The van der Waals surface area contributed by atoms with Crippen molar-refractivity contribution in [3.05, 3.63) is 30.1 Å². The summed E-state index contributed by atoms with van der Waals surface area (Å²) in [5.41, 5.74) is 6.85. The van der Waals surface area contributed by atoms with Gasteiger partial charge in [-0.1, -0.05) is 6.07 Å². The molecule has 1 aromatic carbocycles. The number of aliphatic imine (C=N–C) groups is 1. The zero-order valence-corrected chi connectivity index (χ0v) is 12.3. The topological polar surface area (TPSA) is 44.9 Å². The molecule has 1 spiro atoms. The molecule has 1 saturated carbocycles. The van der Waals surface area contributed by atoms with Gasteiger partial charge in [0, 0.05) is 24.3 Å². The van der Waals surface area contributed by atoms with Gasteiger partial charge in [-0.05, 0) is 44.4 Å². The van der Waals surface area contributed by atoms with Crippen LogP contribution in [-0.2, 0) is 0 Å². The number of rotatable bonds is 2. The van der Waals surface area contributed by atoms with Crippen LogP contribution in [0.5, 0.6) is 0 Å². The Labute approximate surface area is 124 Å². The van der Waals surface area contributed by atoms with Crippen molar-refractivity contribution in [2.45, 2.75) is 43.8 Å². The SMILES string of the molecule is CC1CC2(CN=C(N)N2c2cccc(F)c2)CN1C1CC1. The van der Waals surface area contributed by atoms with Crippen LogP contribution in [0.3, 0.4) is 0 Å². The zero-order valence-electron chi connectivity index (χ0n) is 12.3.